The molecule has 2 amide bonds. The summed E-state index contributed by atoms with van der Waals surface area (Å²) in [5, 5.41) is 7.73. The monoisotopic (exact) mass is 294 g/mol. The Morgan fingerprint density at radius 2 is 2.15 bits per heavy atom. The zero-order chi connectivity index (χ0) is 14.4. The summed E-state index contributed by atoms with van der Waals surface area (Å²) in [7, 11) is 0. The molecule has 1 fully saturated rings. The van der Waals surface area contributed by atoms with Gasteiger partial charge in [-0.15, -0.1) is 11.3 Å². The molecule has 1 saturated carbocycles. The quantitative estimate of drug-likeness (QED) is 0.877. The van der Waals surface area contributed by atoms with Crippen molar-refractivity contribution in [2.24, 2.45) is 5.92 Å². The lowest BCUT2D eigenvalue weighted by Gasteiger charge is -2.29. The molecule has 1 aliphatic rings. The van der Waals surface area contributed by atoms with E-state index in [1.807, 2.05) is 11.4 Å². The smallest absolute Gasteiger partial charge is 0.261 e. The van der Waals surface area contributed by atoms with Crippen LogP contribution in [0.5, 0.6) is 0 Å². The summed E-state index contributed by atoms with van der Waals surface area (Å²) in [6.07, 6.45) is 5.09. The number of hydrogen-bond acceptors (Lipinski definition) is 3. The van der Waals surface area contributed by atoms with Gasteiger partial charge in [-0.3, -0.25) is 9.59 Å². The van der Waals surface area contributed by atoms with Gasteiger partial charge in [0, 0.05) is 19.0 Å². The molecule has 20 heavy (non-hydrogen) atoms. The minimum absolute atomic E-state index is 0.0372. The maximum atomic E-state index is 11.9. The highest BCUT2D eigenvalue weighted by atomic mass is 32.1. The number of carbonyl (C=O) groups is 2. The van der Waals surface area contributed by atoms with E-state index in [-0.39, 0.29) is 11.8 Å². The van der Waals surface area contributed by atoms with Crippen LogP contribution in [0.15, 0.2) is 17.5 Å². The fourth-order valence-electron chi connectivity index (χ4n) is 2.59. The van der Waals surface area contributed by atoms with E-state index in [4.69, 9.17) is 0 Å². The topological polar surface area (TPSA) is 58.2 Å². The third kappa shape index (κ3) is 4.34. The van der Waals surface area contributed by atoms with Crippen LogP contribution >= 0.6 is 11.3 Å². The van der Waals surface area contributed by atoms with E-state index >= 15 is 0 Å². The Morgan fingerprint density at radius 1 is 1.35 bits per heavy atom. The summed E-state index contributed by atoms with van der Waals surface area (Å²) in [6.45, 7) is 2.59. The van der Waals surface area contributed by atoms with Crippen molar-refractivity contribution >= 4 is 23.2 Å². The van der Waals surface area contributed by atoms with Gasteiger partial charge in [-0.1, -0.05) is 25.8 Å². The fourth-order valence-corrected chi connectivity index (χ4v) is 3.23. The van der Waals surface area contributed by atoms with Crippen LogP contribution in [-0.2, 0) is 4.79 Å². The summed E-state index contributed by atoms with van der Waals surface area (Å²) in [5.74, 6) is 0.502. The van der Waals surface area contributed by atoms with E-state index in [0.29, 0.717) is 29.8 Å². The summed E-state index contributed by atoms with van der Waals surface area (Å²) in [4.78, 5) is 24.2. The number of hydrogen-bond donors (Lipinski definition) is 2. The lowest BCUT2D eigenvalue weighted by atomic mass is 9.86. The number of carbonyl (C=O) groups excluding carboxylic acids is 2. The van der Waals surface area contributed by atoms with Crippen LogP contribution in [-0.4, -0.2) is 24.4 Å². The van der Waals surface area contributed by atoms with Crippen LogP contribution < -0.4 is 10.6 Å². The molecule has 2 rings (SSSR count). The third-order valence-corrected chi connectivity index (χ3v) is 4.71. The zero-order valence-corrected chi connectivity index (χ0v) is 12.7. The lowest BCUT2D eigenvalue weighted by Crippen LogP contribution is -2.42. The average molecular weight is 294 g/mol. The molecule has 0 saturated heterocycles. The van der Waals surface area contributed by atoms with Crippen molar-refractivity contribution in [2.75, 3.05) is 6.54 Å². The van der Waals surface area contributed by atoms with Gasteiger partial charge < -0.3 is 10.6 Å². The molecular weight excluding hydrogens is 272 g/mol. The van der Waals surface area contributed by atoms with Crippen molar-refractivity contribution in [1.29, 1.82) is 0 Å². The SMILES string of the molecule is C[C@H]1CCCC[C@@H]1NC(=O)CCNC(=O)c1cccs1. The molecular formula is C15H22N2O2S. The molecule has 1 aliphatic carbocycles. The summed E-state index contributed by atoms with van der Waals surface area (Å²) >= 11 is 1.41. The Kier molecular flexibility index (Phi) is 5.59. The molecule has 110 valence electrons. The first-order chi connectivity index (χ1) is 9.66. The van der Waals surface area contributed by atoms with Crippen LogP contribution in [0.3, 0.4) is 0 Å². The van der Waals surface area contributed by atoms with Crippen molar-refractivity contribution in [3.63, 3.8) is 0 Å². The predicted molar refractivity (Wildman–Crippen MR) is 80.8 cm³/mol. The zero-order valence-electron chi connectivity index (χ0n) is 11.9. The van der Waals surface area contributed by atoms with Gasteiger partial charge in [0.15, 0.2) is 0 Å². The van der Waals surface area contributed by atoms with E-state index in [1.54, 1.807) is 6.07 Å². The molecule has 0 aromatic carbocycles. The Hall–Kier alpha value is -1.36. The molecule has 5 heteroatoms. The second-order valence-corrected chi connectivity index (χ2v) is 6.37. The molecule has 0 spiro atoms. The highest BCUT2D eigenvalue weighted by Crippen LogP contribution is 2.23. The van der Waals surface area contributed by atoms with Crippen LogP contribution in [0.25, 0.3) is 0 Å². The molecule has 1 aromatic heterocycles. The van der Waals surface area contributed by atoms with Gasteiger partial charge in [0.05, 0.1) is 4.88 Å². The van der Waals surface area contributed by atoms with Gasteiger partial charge in [0.2, 0.25) is 5.91 Å². The second-order valence-electron chi connectivity index (χ2n) is 5.42. The average Bonchev–Trinajstić information content (AvgIpc) is 2.95. The Morgan fingerprint density at radius 3 is 2.85 bits per heavy atom. The maximum Gasteiger partial charge on any atom is 0.261 e. The van der Waals surface area contributed by atoms with E-state index in [9.17, 15) is 9.59 Å². The predicted octanol–water partition coefficient (Wildman–Crippen LogP) is 2.56. The van der Waals surface area contributed by atoms with Gasteiger partial charge in [-0.05, 0) is 30.2 Å². The first-order valence-corrected chi connectivity index (χ1v) is 8.16. The van der Waals surface area contributed by atoms with Crippen LogP contribution in [0.4, 0.5) is 0 Å². The molecule has 0 aliphatic heterocycles. The second kappa shape index (κ2) is 7.43. The first kappa shape index (κ1) is 15.0. The van der Waals surface area contributed by atoms with E-state index < -0.39 is 0 Å². The number of rotatable bonds is 5. The highest BCUT2D eigenvalue weighted by molar-refractivity contribution is 7.12. The highest BCUT2D eigenvalue weighted by Gasteiger charge is 2.22. The lowest BCUT2D eigenvalue weighted by molar-refractivity contribution is -0.122. The third-order valence-electron chi connectivity index (χ3n) is 3.84. The standard InChI is InChI=1S/C15H22N2O2S/c1-11-5-2-3-6-12(11)17-14(18)8-9-16-15(19)13-7-4-10-20-13/h4,7,10-12H,2-3,5-6,8-9H2,1H3,(H,16,19)(H,17,18)/t11-,12-/m0/s1. The first-order valence-electron chi connectivity index (χ1n) is 7.28. The van der Waals surface area contributed by atoms with E-state index in [0.717, 1.165) is 6.42 Å². The molecule has 0 unspecified atom stereocenters. The van der Waals surface area contributed by atoms with Crippen molar-refractivity contribution in [3.05, 3.63) is 22.4 Å². The minimum Gasteiger partial charge on any atom is -0.353 e. The molecule has 1 heterocycles. The van der Waals surface area contributed by atoms with Gasteiger partial charge in [-0.25, -0.2) is 0 Å². The van der Waals surface area contributed by atoms with Crippen molar-refractivity contribution < 1.29 is 9.59 Å². The van der Waals surface area contributed by atoms with Gasteiger partial charge in [0.25, 0.3) is 5.91 Å². The van der Waals surface area contributed by atoms with Gasteiger partial charge >= 0.3 is 0 Å². The minimum atomic E-state index is -0.0983. The molecule has 0 radical (unpaired) electrons. The largest absolute Gasteiger partial charge is 0.353 e. The Bertz CT molecular complexity index is 445. The summed E-state index contributed by atoms with van der Waals surface area (Å²) in [6, 6.07) is 3.94. The molecule has 2 atom stereocenters. The van der Waals surface area contributed by atoms with Crippen molar-refractivity contribution in [2.45, 2.75) is 45.1 Å². The summed E-state index contributed by atoms with van der Waals surface area (Å²) < 4.78 is 0. The molecule has 2 N–H and O–H groups in total. The number of thiophene rings is 1. The van der Waals surface area contributed by atoms with E-state index in [1.165, 1.54) is 30.6 Å². The number of nitrogens with one attached hydrogen (secondary N) is 2. The molecule has 0 bridgehead atoms. The van der Waals surface area contributed by atoms with Gasteiger partial charge in [0.1, 0.15) is 0 Å². The van der Waals surface area contributed by atoms with Crippen LogP contribution in [0.1, 0.15) is 48.7 Å². The fraction of sp³-hybridized carbons (Fsp3) is 0.600. The summed E-state index contributed by atoms with van der Waals surface area (Å²) in [5.41, 5.74) is 0. The Balaban J connectivity index is 1.66. The number of amides is 2. The van der Waals surface area contributed by atoms with Crippen LogP contribution in [0, 0.1) is 5.92 Å². The van der Waals surface area contributed by atoms with Gasteiger partial charge in [-0.2, -0.15) is 0 Å². The van der Waals surface area contributed by atoms with Crippen molar-refractivity contribution in [1.82, 2.24) is 10.6 Å². The Labute approximate surface area is 124 Å². The van der Waals surface area contributed by atoms with E-state index in [2.05, 4.69) is 17.6 Å². The maximum absolute atomic E-state index is 11.9. The van der Waals surface area contributed by atoms with Crippen molar-refractivity contribution in [3.8, 4) is 0 Å². The molecule has 1 aromatic rings. The molecule has 4 nitrogen and oxygen atoms in total. The van der Waals surface area contributed by atoms with Crippen LogP contribution in [0.2, 0.25) is 0 Å². The normalized spacial score (nSPS) is 22.2.